The summed E-state index contributed by atoms with van der Waals surface area (Å²) in [5, 5.41) is -0.171. The lowest BCUT2D eigenvalue weighted by Crippen LogP contribution is -1.96. The van der Waals surface area contributed by atoms with Crippen LogP contribution in [0.3, 0.4) is 0 Å². The van der Waals surface area contributed by atoms with E-state index in [9.17, 15) is 0 Å². The zero-order valence-electron chi connectivity index (χ0n) is 13.6. The number of alkyl halides is 1. The lowest BCUT2D eigenvalue weighted by atomic mass is 10.1. The Balaban J connectivity index is 2.25. The third kappa shape index (κ3) is 2.75. The standard InChI is InChI=1S/C18H19ClN2O2/c1-11-7-8-21-16(9-11)20-17(18(21)12(2)19)13-5-6-14(22-3)15(10-13)23-4/h5-10,12H,1-4H3. The number of aromatic nitrogens is 2. The molecule has 23 heavy (non-hydrogen) atoms. The Morgan fingerprint density at radius 2 is 1.83 bits per heavy atom. The maximum Gasteiger partial charge on any atom is 0.161 e. The molecule has 0 saturated carbocycles. The maximum atomic E-state index is 6.43. The van der Waals surface area contributed by atoms with Crippen molar-refractivity contribution in [2.24, 2.45) is 0 Å². The van der Waals surface area contributed by atoms with Gasteiger partial charge in [0.25, 0.3) is 0 Å². The molecule has 0 aliphatic rings. The molecule has 1 unspecified atom stereocenters. The van der Waals surface area contributed by atoms with Gasteiger partial charge in [-0.3, -0.25) is 0 Å². The van der Waals surface area contributed by atoms with Gasteiger partial charge in [0.15, 0.2) is 11.5 Å². The van der Waals surface area contributed by atoms with E-state index in [1.807, 2.05) is 41.8 Å². The number of rotatable bonds is 4. The van der Waals surface area contributed by atoms with Crippen LogP contribution in [0.4, 0.5) is 0 Å². The molecule has 120 valence electrons. The van der Waals surface area contributed by atoms with E-state index in [1.54, 1.807) is 14.2 Å². The SMILES string of the molecule is COc1ccc(-c2nc3cc(C)ccn3c2C(C)Cl)cc1OC. The Hall–Kier alpha value is -2.20. The van der Waals surface area contributed by atoms with Crippen molar-refractivity contribution in [2.75, 3.05) is 14.2 Å². The molecule has 3 aromatic rings. The van der Waals surface area contributed by atoms with Gasteiger partial charge in [-0.25, -0.2) is 4.98 Å². The normalized spacial score (nSPS) is 12.4. The van der Waals surface area contributed by atoms with Crippen LogP contribution in [-0.4, -0.2) is 23.6 Å². The van der Waals surface area contributed by atoms with Gasteiger partial charge >= 0.3 is 0 Å². The average Bonchev–Trinajstić information content (AvgIpc) is 2.92. The van der Waals surface area contributed by atoms with Gasteiger partial charge in [-0.15, -0.1) is 11.6 Å². The van der Waals surface area contributed by atoms with E-state index in [4.69, 9.17) is 26.1 Å². The number of fused-ring (bicyclic) bond motifs is 1. The molecule has 2 heterocycles. The van der Waals surface area contributed by atoms with Crippen LogP contribution in [0.25, 0.3) is 16.9 Å². The maximum absolute atomic E-state index is 6.43. The van der Waals surface area contributed by atoms with Crippen molar-refractivity contribution in [1.82, 2.24) is 9.38 Å². The van der Waals surface area contributed by atoms with Gasteiger partial charge in [0.05, 0.1) is 31.0 Å². The van der Waals surface area contributed by atoms with E-state index in [-0.39, 0.29) is 5.38 Å². The quantitative estimate of drug-likeness (QED) is 0.654. The van der Waals surface area contributed by atoms with Crippen LogP contribution in [0.5, 0.6) is 11.5 Å². The van der Waals surface area contributed by atoms with Gasteiger partial charge in [-0.05, 0) is 49.7 Å². The third-order valence-corrected chi connectivity index (χ3v) is 4.06. The topological polar surface area (TPSA) is 35.8 Å². The summed E-state index contributed by atoms with van der Waals surface area (Å²) in [6.07, 6.45) is 2.01. The summed E-state index contributed by atoms with van der Waals surface area (Å²) < 4.78 is 12.7. The van der Waals surface area contributed by atoms with Crippen LogP contribution in [0.1, 0.15) is 23.6 Å². The summed E-state index contributed by atoms with van der Waals surface area (Å²) in [4.78, 5) is 4.78. The summed E-state index contributed by atoms with van der Waals surface area (Å²) in [5.74, 6) is 1.36. The predicted molar refractivity (Wildman–Crippen MR) is 92.7 cm³/mol. The highest BCUT2D eigenvalue weighted by Gasteiger charge is 2.19. The van der Waals surface area contributed by atoms with Crippen LogP contribution < -0.4 is 9.47 Å². The first-order valence-electron chi connectivity index (χ1n) is 7.40. The monoisotopic (exact) mass is 330 g/mol. The van der Waals surface area contributed by atoms with Crippen molar-refractivity contribution >= 4 is 17.2 Å². The summed E-state index contributed by atoms with van der Waals surface area (Å²) in [5.41, 5.74) is 4.83. The number of hydrogen-bond acceptors (Lipinski definition) is 3. The highest BCUT2D eigenvalue weighted by molar-refractivity contribution is 6.20. The van der Waals surface area contributed by atoms with E-state index >= 15 is 0 Å². The number of benzene rings is 1. The van der Waals surface area contributed by atoms with Crippen molar-refractivity contribution in [3.63, 3.8) is 0 Å². The third-order valence-electron chi connectivity index (χ3n) is 3.85. The summed E-state index contributed by atoms with van der Waals surface area (Å²) >= 11 is 6.43. The largest absolute Gasteiger partial charge is 0.493 e. The lowest BCUT2D eigenvalue weighted by molar-refractivity contribution is 0.355. The Labute approximate surface area is 140 Å². The zero-order valence-corrected chi connectivity index (χ0v) is 14.4. The molecule has 5 heteroatoms. The molecule has 0 aliphatic heterocycles. The van der Waals surface area contributed by atoms with Crippen LogP contribution >= 0.6 is 11.6 Å². The number of hydrogen-bond donors (Lipinski definition) is 0. The number of pyridine rings is 1. The first-order valence-corrected chi connectivity index (χ1v) is 7.84. The molecule has 2 aromatic heterocycles. The molecule has 0 saturated heterocycles. The lowest BCUT2D eigenvalue weighted by Gasteiger charge is -2.11. The highest BCUT2D eigenvalue weighted by Crippen LogP contribution is 2.36. The molecule has 4 nitrogen and oxygen atoms in total. The van der Waals surface area contributed by atoms with E-state index in [1.165, 1.54) is 0 Å². The Morgan fingerprint density at radius 1 is 1.09 bits per heavy atom. The number of halogens is 1. The molecule has 0 aliphatic carbocycles. The van der Waals surface area contributed by atoms with Crippen molar-refractivity contribution in [1.29, 1.82) is 0 Å². The van der Waals surface area contributed by atoms with Crippen LogP contribution in [0.2, 0.25) is 0 Å². The fourth-order valence-corrected chi connectivity index (χ4v) is 2.95. The average molecular weight is 331 g/mol. The van der Waals surface area contributed by atoms with E-state index in [0.717, 1.165) is 28.2 Å². The fraction of sp³-hybridized carbons (Fsp3) is 0.278. The molecule has 1 atom stereocenters. The first kappa shape index (κ1) is 15.7. The van der Waals surface area contributed by atoms with Crippen LogP contribution in [0.15, 0.2) is 36.5 Å². The van der Waals surface area contributed by atoms with Gasteiger partial charge in [-0.1, -0.05) is 0 Å². The van der Waals surface area contributed by atoms with Crippen LogP contribution in [-0.2, 0) is 0 Å². The van der Waals surface area contributed by atoms with E-state index in [2.05, 4.69) is 13.0 Å². The summed E-state index contributed by atoms with van der Waals surface area (Å²) in [6, 6.07) is 9.88. The molecule has 0 bridgehead atoms. The number of aryl methyl sites for hydroxylation is 1. The molecular formula is C18H19ClN2O2. The Morgan fingerprint density at radius 3 is 2.48 bits per heavy atom. The van der Waals surface area contributed by atoms with Crippen LogP contribution in [0, 0.1) is 6.92 Å². The Bertz CT molecular complexity index is 856. The smallest absolute Gasteiger partial charge is 0.161 e. The molecule has 0 N–H and O–H groups in total. The minimum atomic E-state index is -0.171. The molecule has 3 rings (SSSR count). The number of imidazole rings is 1. The molecule has 0 amide bonds. The number of ether oxygens (including phenoxy) is 2. The summed E-state index contributed by atoms with van der Waals surface area (Å²) in [6.45, 7) is 4.00. The molecule has 0 spiro atoms. The van der Waals surface area contributed by atoms with Crippen molar-refractivity contribution in [3.8, 4) is 22.8 Å². The molecule has 0 radical (unpaired) electrons. The fourth-order valence-electron chi connectivity index (χ4n) is 2.74. The molecular weight excluding hydrogens is 312 g/mol. The second-order valence-electron chi connectivity index (χ2n) is 5.46. The minimum absolute atomic E-state index is 0.171. The van der Waals surface area contributed by atoms with Gasteiger partial charge in [0.2, 0.25) is 0 Å². The van der Waals surface area contributed by atoms with Gasteiger partial charge in [-0.2, -0.15) is 0 Å². The minimum Gasteiger partial charge on any atom is -0.493 e. The van der Waals surface area contributed by atoms with Crippen molar-refractivity contribution in [2.45, 2.75) is 19.2 Å². The highest BCUT2D eigenvalue weighted by atomic mass is 35.5. The van der Waals surface area contributed by atoms with Crippen molar-refractivity contribution in [3.05, 3.63) is 47.8 Å². The second-order valence-corrected chi connectivity index (χ2v) is 6.12. The van der Waals surface area contributed by atoms with Gasteiger partial charge < -0.3 is 13.9 Å². The zero-order chi connectivity index (χ0) is 16.6. The number of methoxy groups -OCH3 is 2. The summed E-state index contributed by atoms with van der Waals surface area (Å²) in [7, 11) is 3.25. The molecule has 0 fully saturated rings. The van der Waals surface area contributed by atoms with E-state index in [0.29, 0.717) is 11.5 Å². The van der Waals surface area contributed by atoms with E-state index < -0.39 is 0 Å². The van der Waals surface area contributed by atoms with Gasteiger partial charge in [0, 0.05) is 11.8 Å². The Kier molecular flexibility index (Phi) is 4.18. The molecule has 1 aromatic carbocycles. The second kappa shape index (κ2) is 6.13. The van der Waals surface area contributed by atoms with Gasteiger partial charge in [0.1, 0.15) is 5.65 Å². The number of nitrogens with zero attached hydrogens (tertiary/aromatic N) is 2. The van der Waals surface area contributed by atoms with Crippen molar-refractivity contribution < 1.29 is 9.47 Å². The first-order chi connectivity index (χ1) is 11.0. The predicted octanol–water partition coefficient (Wildman–Crippen LogP) is 4.63.